The highest BCUT2D eigenvalue weighted by Crippen LogP contribution is 2.32. The van der Waals surface area contributed by atoms with Crippen molar-refractivity contribution in [2.45, 2.75) is 33.2 Å². The van der Waals surface area contributed by atoms with Crippen molar-refractivity contribution in [2.75, 3.05) is 7.11 Å². The van der Waals surface area contributed by atoms with Crippen molar-refractivity contribution >= 4 is 16.7 Å². The smallest absolute Gasteiger partial charge is 0.134 e. The van der Waals surface area contributed by atoms with E-state index in [9.17, 15) is 4.79 Å². The van der Waals surface area contributed by atoms with Crippen molar-refractivity contribution in [1.29, 1.82) is 0 Å². The van der Waals surface area contributed by atoms with E-state index in [2.05, 4.69) is 30.7 Å². The van der Waals surface area contributed by atoms with Crippen LogP contribution in [-0.4, -0.2) is 17.5 Å². The molecular weight excluding hydrogens is 226 g/mol. The van der Waals surface area contributed by atoms with Gasteiger partial charge in [0.2, 0.25) is 0 Å². The Bertz CT molecular complexity index is 581. The van der Waals surface area contributed by atoms with Crippen LogP contribution in [0.25, 0.3) is 10.9 Å². The predicted molar refractivity (Wildman–Crippen MR) is 73.3 cm³/mol. The molecule has 0 aliphatic heterocycles. The number of fused-ring (bicyclic) bond motifs is 1. The number of hydrogen-bond acceptors (Lipinski definition) is 2. The van der Waals surface area contributed by atoms with Gasteiger partial charge in [0.1, 0.15) is 11.5 Å². The van der Waals surface area contributed by atoms with Crippen LogP contribution in [0.3, 0.4) is 0 Å². The van der Waals surface area contributed by atoms with Gasteiger partial charge in [0.15, 0.2) is 0 Å². The molecule has 0 aliphatic rings. The predicted octanol–water partition coefficient (Wildman–Crippen LogP) is 3.36. The van der Waals surface area contributed by atoms with Crippen LogP contribution in [0.2, 0.25) is 0 Å². The fraction of sp³-hybridized carbons (Fsp3) is 0.400. The number of Topliss-reactive ketones (excluding diaryl/α,β-unsaturated/α-hetero) is 1. The highest BCUT2D eigenvalue weighted by Gasteiger charge is 2.15. The summed E-state index contributed by atoms with van der Waals surface area (Å²) in [6.45, 7) is 5.89. The van der Waals surface area contributed by atoms with Gasteiger partial charge < -0.3 is 9.30 Å². The maximum absolute atomic E-state index is 11.4. The monoisotopic (exact) mass is 245 g/mol. The number of rotatable bonds is 4. The van der Waals surface area contributed by atoms with Gasteiger partial charge in [-0.1, -0.05) is 6.07 Å². The molecule has 0 atom stereocenters. The second-order valence-corrected chi connectivity index (χ2v) is 4.89. The molecule has 0 N–H and O–H groups in total. The second-order valence-electron chi connectivity index (χ2n) is 4.89. The van der Waals surface area contributed by atoms with E-state index in [1.54, 1.807) is 14.0 Å². The fourth-order valence-electron chi connectivity index (χ4n) is 2.36. The number of carbonyl (C=O) groups excluding carboxylic acids is 1. The summed E-state index contributed by atoms with van der Waals surface area (Å²) in [6.07, 6.45) is 2.52. The van der Waals surface area contributed by atoms with E-state index in [0.717, 1.165) is 22.2 Å². The van der Waals surface area contributed by atoms with Crippen LogP contribution >= 0.6 is 0 Å². The number of hydrogen-bond donors (Lipinski definition) is 0. The summed E-state index contributed by atoms with van der Waals surface area (Å²) in [5, 5.41) is 1.06. The number of aromatic nitrogens is 1. The topological polar surface area (TPSA) is 31.2 Å². The van der Waals surface area contributed by atoms with E-state index in [4.69, 9.17) is 4.74 Å². The summed E-state index contributed by atoms with van der Waals surface area (Å²) < 4.78 is 7.61. The van der Waals surface area contributed by atoms with Gasteiger partial charge in [-0.2, -0.15) is 0 Å². The Hall–Kier alpha value is -1.77. The molecule has 3 nitrogen and oxygen atoms in total. The molecule has 3 heteroatoms. The zero-order valence-corrected chi connectivity index (χ0v) is 11.4. The molecule has 1 aromatic carbocycles. The average molecular weight is 245 g/mol. The average Bonchev–Trinajstić information content (AvgIpc) is 2.67. The Balaban J connectivity index is 2.72. The van der Waals surface area contributed by atoms with Gasteiger partial charge in [-0.05, 0) is 38.5 Å². The summed E-state index contributed by atoms with van der Waals surface area (Å²) in [7, 11) is 1.67. The van der Waals surface area contributed by atoms with Crippen LogP contribution in [0, 0.1) is 0 Å². The molecule has 0 radical (unpaired) electrons. The quantitative estimate of drug-likeness (QED) is 0.827. The largest absolute Gasteiger partial charge is 0.496 e. The number of ether oxygens (including phenoxy) is 1. The zero-order chi connectivity index (χ0) is 13.3. The van der Waals surface area contributed by atoms with Crippen molar-refractivity contribution in [3.8, 4) is 5.75 Å². The van der Waals surface area contributed by atoms with Crippen LogP contribution in [-0.2, 0) is 11.2 Å². The molecule has 2 aromatic rings. The third-order valence-corrected chi connectivity index (χ3v) is 3.11. The van der Waals surface area contributed by atoms with Crippen LogP contribution in [0.4, 0.5) is 0 Å². The molecule has 0 saturated carbocycles. The SMILES string of the molecule is COc1cccc2c1c(CC(C)=O)cn2C(C)C. The molecule has 0 unspecified atom stereocenters. The molecule has 1 heterocycles. The number of methoxy groups -OCH3 is 1. The maximum atomic E-state index is 11.4. The molecule has 0 saturated heterocycles. The Morgan fingerprint density at radius 3 is 2.67 bits per heavy atom. The van der Waals surface area contributed by atoms with Crippen molar-refractivity contribution in [2.24, 2.45) is 0 Å². The van der Waals surface area contributed by atoms with E-state index >= 15 is 0 Å². The number of carbonyl (C=O) groups is 1. The van der Waals surface area contributed by atoms with Crippen LogP contribution in [0.5, 0.6) is 5.75 Å². The van der Waals surface area contributed by atoms with Crippen molar-refractivity contribution in [1.82, 2.24) is 4.57 Å². The first-order valence-electron chi connectivity index (χ1n) is 6.20. The van der Waals surface area contributed by atoms with Gasteiger partial charge >= 0.3 is 0 Å². The molecule has 0 aliphatic carbocycles. The standard InChI is InChI=1S/C15H19NO2/c1-10(2)16-9-12(8-11(3)17)15-13(16)6-5-7-14(15)18-4/h5-7,9-10H,8H2,1-4H3. The third-order valence-electron chi connectivity index (χ3n) is 3.11. The Morgan fingerprint density at radius 1 is 1.39 bits per heavy atom. The van der Waals surface area contributed by atoms with Crippen LogP contribution in [0.1, 0.15) is 32.4 Å². The van der Waals surface area contributed by atoms with Gasteiger partial charge in [0.25, 0.3) is 0 Å². The molecule has 1 aromatic heterocycles. The van der Waals surface area contributed by atoms with E-state index in [1.165, 1.54) is 0 Å². The highest BCUT2D eigenvalue weighted by atomic mass is 16.5. The first-order valence-corrected chi connectivity index (χ1v) is 6.20. The molecule has 0 fully saturated rings. The van der Waals surface area contributed by atoms with Gasteiger partial charge in [0, 0.05) is 24.0 Å². The normalized spacial score (nSPS) is 11.2. The van der Waals surface area contributed by atoms with Crippen molar-refractivity contribution in [3.05, 3.63) is 30.0 Å². The number of nitrogens with zero attached hydrogens (tertiary/aromatic N) is 1. The number of ketones is 1. The zero-order valence-electron chi connectivity index (χ0n) is 11.4. The summed E-state index contributed by atoms with van der Waals surface area (Å²) in [6, 6.07) is 6.36. The molecular formula is C15H19NO2. The van der Waals surface area contributed by atoms with Crippen molar-refractivity contribution in [3.63, 3.8) is 0 Å². The summed E-state index contributed by atoms with van der Waals surface area (Å²) in [5.41, 5.74) is 2.17. The van der Waals surface area contributed by atoms with Crippen LogP contribution < -0.4 is 4.74 Å². The van der Waals surface area contributed by atoms with E-state index in [-0.39, 0.29) is 5.78 Å². The Morgan fingerprint density at radius 2 is 2.11 bits per heavy atom. The lowest BCUT2D eigenvalue weighted by Gasteiger charge is -2.09. The second kappa shape index (κ2) is 4.84. The maximum Gasteiger partial charge on any atom is 0.134 e. The van der Waals surface area contributed by atoms with E-state index in [0.29, 0.717) is 12.5 Å². The van der Waals surface area contributed by atoms with Gasteiger partial charge in [-0.3, -0.25) is 4.79 Å². The van der Waals surface area contributed by atoms with E-state index in [1.807, 2.05) is 12.1 Å². The highest BCUT2D eigenvalue weighted by molar-refractivity contribution is 5.93. The van der Waals surface area contributed by atoms with Crippen LogP contribution in [0.15, 0.2) is 24.4 Å². The fourth-order valence-corrected chi connectivity index (χ4v) is 2.36. The minimum atomic E-state index is 0.170. The summed E-state index contributed by atoms with van der Waals surface area (Å²) in [5.74, 6) is 1.01. The van der Waals surface area contributed by atoms with E-state index < -0.39 is 0 Å². The molecule has 0 bridgehead atoms. The van der Waals surface area contributed by atoms with Gasteiger partial charge in [-0.15, -0.1) is 0 Å². The minimum Gasteiger partial charge on any atom is -0.496 e. The lowest BCUT2D eigenvalue weighted by atomic mass is 10.1. The third kappa shape index (κ3) is 2.13. The summed E-state index contributed by atoms with van der Waals surface area (Å²) in [4.78, 5) is 11.4. The van der Waals surface area contributed by atoms with Gasteiger partial charge in [0.05, 0.1) is 12.6 Å². The molecule has 0 spiro atoms. The molecule has 2 rings (SSSR count). The lowest BCUT2D eigenvalue weighted by Crippen LogP contribution is -1.98. The Kier molecular flexibility index (Phi) is 3.41. The summed E-state index contributed by atoms with van der Waals surface area (Å²) >= 11 is 0. The first kappa shape index (κ1) is 12.7. The van der Waals surface area contributed by atoms with Crippen molar-refractivity contribution < 1.29 is 9.53 Å². The lowest BCUT2D eigenvalue weighted by molar-refractivity contribution is -0.116. The number of benzene rings is 1. The van der Waals surface area contributed by atoms with Gasteiger partial charge in [-0.25, -0.2) is 0 Å². The minimum absolute atomic E-state index is 0.170. The first-order chi connectivity index (χ1) is 8.54. The molecule has 18 heavy (non-hydrogen) atoms. The molecule has 0 amide bonds. The molecule has 96 valence electrons. The Labute approximate surface area is 107 Å².